The lowest BCUT2D eigenvalue weighted by Crippen LogP contribution is -2.14. The minimum atomic E-state index is -0.0848. The van der Waals surface area contributed by atoms with Crippen molar-refractivity contribution in [3.8, 4) is 156 Å². The van der Waals surface area contributed by atoms with Gasteiger partial charge in [0.2, 0.25) is 0 Å². The summed E-state index contributed by atoms with van der Waals surface area (Å²) in [6.07, 6.45) is 0. The Labute approximate surface area is 877 Å². The van der Waals surface area contributed by atoms with Crippen molar-refractivity contribution >= 4 is 97.0 Å². The average molecular weight is 1910 g/mol. The second-order valence-electron chi connectivity index (χ2n) is 43.9. The minimum Gasteiger partial charge on any atom is -0.0622 e. The van der Waals surface area contributed by atoms with E-state index in [-0.39, 0.29) is 21.7 Å². The number of rotatable bonds is 10. The fourth-order valence-corrected chi connectivity index (χ4v) is 26.6. The molecule has 0 nitrogen and oxygen atoms in total. The molecule has 0 aromatic heterocycles. The smallest absolute Gasteiger partial charge is 0.0159 e. The van der Waals surface area contributed by atoms with E-state index in [2.05, 4.69) is 565 Å². The number of hydrogen-bond acceptors (Lipinski definition) is 0. The Bertz CT molecular complexity index is 10100. The molecule has 0 heteroatoms. The summed E-state index contributed by atoms with van der Waals surface area (Å²) in [4.78, 5) is 0. The highest BCUT2D eigenvalue weighted by molar-refractivity contribution is 6.27. The van der Waals surface area contributed by atoms with Crippen LogP contribution in [0.5, 0.6) is 0 Å². The van der Waals surface area contributed by atoms with Gasteiger partial charge in [-0.05, 0) is 352 Å². The molecule has 0 fully saturated rings. The average Bonchev–Trinajstić information content (AvgIpc) is 1.07. The van der Waals surface area contributed by atoms with Gasteiger partial charge in [-0.1, -0.05) is 510 Å². The lowest BCUT2D eigenvalue weighted by Gasteiger charge is -2.23. The minimum absolute atomic E-state index is 0.0573. The second-order valence-corrected chi connectivity index (χ2v) is 43.9. The quantitative estimate of drug-likeness (QED) is 0.120. The Morgan fingerprint density at radius 2 is 0.313 bits per heavy atom. The highest BCUT2D eigenvalue weighted by Crippen LogP contribution is 2.59. The van der Waals surface area contributed by atoms with Crippen LogP contribution < -0.4 is 0 Å². The first-order valence-electron chi connectivity index (χ1n) is 53.1. The molecular formula is C150H108. The Balaban J connectivity index is 0.000000108. The van der Waals surface area contributed by atoms with Crippen molar-refractivity contribution in [1.82, 2.24) is 0 Å². The van der Waals surface area contributed by atoms with Crippen LogP contribution in [0.15, 0.2) is 510 Å². The van der Waals surface area contributed by atoms with Crippen molar-refractivity contribution in [3.63, 3.8) is 0 Å². The van der Waals surface area contributed by atoms with Crippen molar-refractivity contribution in [2.75, 3.05) is 0 Å². The summed E-state index contributed by atoms with van der Waals surface area (Å²) in [5, 5.41) is 22.9. The van der Waals surface area contributed by atoms with Crippen LogP contribution in [0.1, 0.15) is 99.9 Å². The van der Waals surface area contributed by atoms with Gasteiger partial charge < -0.3 is 0 Å². The molecule has 708 valence electrons. The third kappa shape index (κ3) is 14.3. The molecule has 0 saturated heterocycles. The molecular weight excluding hydrogens is 1800 g/mol. The zero-order chi connectivity index (χ0) is 101. The van der Waals surface area contributed by atoms with E-state index in [1.165, 1.54) is 297 Å². The summed E-state index contributed by atoms with van der Waals surface area (Å²) in [5.41, 5.74) is 47.0. The van der Waals surface area contributed by atoms with Crippen LogP contribution in [0.2, 0.25) is 0 Å². The molecule has 0 amide bonds. The zero-order valence-electron chi connectivity index (χ0n) is 85.5. The number of hydrogen-bond donors (Lipinski definition) is 0. The molecule has 0 heterocycles. The van der Waals surface area contributed by atoms with Gasteiger partial charge >= 0.3 is 0 Å². The van der Waals surface area contributed by atoms with Gasteiger partial charge in [-0.15, -0.1) is 0 Å². The van der Waals surface area contributed by atoms with Gasteiger partial charge in [-0.2, -0.15) is 0 Å². The van der Waals surface area contributed by atoms with Gasteiger partial charge in [0.1, 0.15) is 0 Å². The fraction of sp³-hybridized carbons (Fsp3) is 0.0800. The summed E-state index contributed by atoms with van der Waals surface area (Å²) in [6, 6.07) is 190. The highest BCUT2D eigenvalue weighted by Gasteiger charge is 2.41. The summed E-state index contributed by atoms with van der Waals surface area (Å²) in [5.74, 6) is 0. The molecule has 0 unspecified atom stereocenters. The van der Waals surface area contributed by atoms with E-state index in [9.17, 15) is 0 Å². The van der Waals surface area contributed by atoms with E-state index < -0.39 is 0 Å². The van der Waals surface area contributed by atoms with Crippen LogP contribution in [0.4, 0.5) is 0 Å². The van der Waals surface area contributed by atoms with E-state index in [0.29, 0.717) is 0 Å². The van der Waals surface area contributed by atoms with Crippen molar-refractivity contribution in [2.45, 2.75) is 77.0 Å². The number of benzene rings is 26. The maximum absolute atomic E-state index is 2.49. The Morgan fingerprint density at radius 1 is 0.100 bits per heavy atom. The van der Waals surface area contributed by atoms with Gasteiger partial charge in [0.15, 0.2) is 0 Å². The van der Waals surface area contributed by atoms with E-state index in [4.69, 9.17) is 0 Å². The van der Waals surface area contributed by atoms with Crippen molar-refractivity contribution in [1.29, 1.82) is 0 Å². The SMILES string of the molecule is CC1(C)c2ccccc2-c2ccc(-c3c4ccccc4c(-c4ccc(-c5ccccc5)cc4)c4ccc(-c5ccccc5)cc34)cc21.CC1(C)c2ccccc2-c2ccc(-c3c4ccccc4c(-c4cccc5ccccc45)c4ccc(-c5ccc6ccccc6c5)cc34)cc21.CC1(C)c2ccccc2-c2ccc(-c3ccc4c(-c5ccc6ccccc6c5)c5ccccc5c(-c5ccc6c(c5)C(C)(C)c5ccccc5-6)c4c3)cc21. The Hall–Kier alpha value is -17.9. The summed E-state index contributed by atoms with van der Waals surface area (Å²) in [7, 11) is 0. The van der Waals surface area contributed by atoms with Crippen LogP contribution in [-0.2, 0) is 21.7 Å². The largest absolute Gasteiger partial charge is 0.0622 e. The van der Waals surface area contributed by atoms with E-state index in [1.54, 1.807) is 0 Å². The lowest BCUT2D eigenvalue weighted by atomic mass is 9.80. The van der Waals surface area contributed by atoms with Crippen molar-refractivity contribution in [3.05, 3.63) is 554 Å². The molecule has 26 aromatic rings. The fourth-order valence-electron chi connectivity index (χ4n) is 26.6. The molecule has 4 aliphatic rings. The number of fused-ring (bicyclic) bond motifs is 21. The van der Waals surface area contributed by atoms with Gasteiger partial charge in [0, 0.05) is 21.7 Å². The third-order valence-corrected chi connectivity index (χ3v) is 34.2. The Kier molecular flexibility index (Phi) is 20.9. The van der Waals surface area contributed by atoms with Gasteiger partial charge in [-0.3, -0.25) is 0 Å². The third-order valence-electron chi connectivity index (χ3n) is 34.2. The monoisotopic (exact) mass is 1910 g/mol. The Morgan fingerprint density at radius 3 is 0.720 bits per heavy atom. The zero-order valence-corrected chi connectivity index (χ0v) is 85.5. The van der Waals surface area contributed by atoms with Gasteiger partial charge in [-0.25, -0.2) is 0 Å². The van der Waals surface area contributed by atoms with Gasteiger partial charge in [0.25, 0.3) is 0 Å². The molecule has 0 saturated carbocycles. The van der Waals surface area contributed by atoms with Crippen molar-refractivity contribution < 1.29 is 0 Å². The lowest BCUT2D eigenvalue weighted by molar-refractivity contribution is 0.660. The summed E-state index contributed by atoms with van der Waals surface area (Å²) < 4.78 is 0. The molecule has 0 spiro atoms. The predicted molar refractivity (Wildman–Crippen MR) is 641 cm³/mol. The molecule has 0 radical (unpaired) electrons. The highest BCUT2D eigenvalue weighted by atomic mass is 14.4. The predicted octanol–water partition coefficient (Wildman–Crippen LogP) is 41.3. The topological polar surface area (TPSA) is 0 Å². The molecule has 30 rings (SSSR count). The first-order valence-corrected chi connectivity index (χ1v) is 53.1. The molecule has 26 aromatic carbocycles. The van der Waals surface area contributed by atoms with E-state index >= 15 is 0 Å². The van der Waals surface area contributed by atoms with Crippen LogP contribution in [0.3, 0.4) is 0 Å². The maximum atomic E-state index is 2.49. The molecule has 0 aliphatic heterocycles. The van der Waals surface area contributed by atoms with E-state index in [1.807, 2.05) is 0 Å². The van der Waals surface area contributed by atoms with Crippen LogP contribution in [-0.4, -0.2) is 0 Å². The first-order chi connectivity index (χ1) is 73.4. The second kappa shape index (κ2) is 34.9. The standard InChI is InChI=1S/C54H40.C49H34.C47H34/c1-53(2)47-19-11-9-15-39(47)41-26-23-36(31-49(41)53)35-24-28-45-46(30-35)52(38-25-27-42-40-16-10-12-20-48(40)54(3,4)50(42)32-38)44-18-8-7-17-43(44)51(45)37-22-21-33-13-5-6-14-34(33)29-37;1-49(2)45-21-10-9-17-38(45)39-26-25-36(30-46(39)49)47-41-18-7-8-19-42(41)48(40-20-11-15-32-13-5-6-16-37(32)40)43-27-24-35(29-44(43)47)34-23-22-31-12-3-4-14-33(31)28-34;1-47(2)43-20-12-11-17-37(43)38-27-26-36(30-44(38)47)46-40-19-10-9-18-39(40)45(34-23-21-33(22-24-34)31-13-5-3-6-14-31)41-28-25-35(29-42(41)46)32-15-7-4-8-16-32/h5-32H,1-4H3;3-30H,1-2H3;3-30H,1-2H3. The molecule has 4 aliphatic carbocycles. The van der Waals surface area contributed by atoms with Crippen LogP contribution in [0, 0.1) is 0 Å². The molecule has 0 atom stereocenters. The molecule has 0 bridgehead atoms. The molecule has 0 N–H and O–H groups in total. The summed E-state index contributed by atoms with van der Waals surface area (Å²) in [6.45, 7) is 19.0. The van der Waals surface area contributed by atoms with E-state index in [0.717, 1.165) is 0 Å². The first kappa shape index (κ1) is 89.7. The maximum Gasteiger partial charge on any atom is 0.0159 e. The van der Waals surface area contributed by atoms with Crippen LogP contribution in [0.25, 0.3) is 253 Å². The van der Waals surface area contributed by atoms with Gasteiger partial charge in [0.05, 0.1) is 0 Å². The van der Waals surface area contributed by atoms with Crippen molar-refractivity contribution in [2.24, 2.45) is 0 Å². The normalized spacial score (nSPS) is 13.7. The summed E-state index contributed by atoms with van der Waals surface area (Å²) >= 11 is 0. The van der Waals surface area contributed by atoms with Crippen LogP contribution >= 0.6 is 0 Å². The molecule has 150 heavy (non-hydrogen) atoms.